The first-order valence-corrected chi connectivity index (χ1v) is 14.6. The van der Waals surface area contributed by atoms with E-state index in [9.17, 15) is 24.3 Å². The molecule has 3 saturated carbocycles. The standard InChI is InChI=1S/C32H41NO6/c1-31-16-14-22(34)19-21(31)8-9-23-24-10-11-27(32(24,2)17-15-25(23)31)39-29(36)13-12-28(35)33-26(30(37)38)18-20-6-4-3-5-7-20/h3-7,19,23-27H,8-18H2,1-2H3,(H,33,35)(H,37,38)/t23-,24-,25+,26-,27-,31-,32-/m0/s1. The highest BCUT2D eigenvalue weighted by Gasteiger charge is 2.59. The molecule has 7 heteroatoms. The molecule has 2 N–H and O–H groups in total. The summed E-state index contributed by atoms with van der Waals surface area (Å²) in [6, 6.07) is 8.10. The molecular weight excluding hydrogens is 494 g/mol. The molecule has 7 nitrogen and oxygen atoms in total. The van der Waals surface area contributed by atoms with E-state index in [1.165, 1.54) is 5.57 Å². The molecule has 4 aliphatic rings. The number of benzene rings is 1. The van der Waals surface area contributed by atoms with Gasteiger partial charge >= 0.3 is 11.9 Å². The zero-order valence-electron chi connectivity index (χ0n) is 23.1. The molecule has 3 fully saturated rings. The highest BCUT2D eigenvalue weighted by molar-refractivity contribution is 5.91. The van der Waals surface area contributed by atoms with Gasteiger partial charge in [-0.15, -0.1) is 0 Å². The molecule has 0 bridgehead atoms. The van der Waals surface area contributed by atoms with Crippen LogP contribution in [-0.2, 0) is 30.3 Å². The molecule has 0 aliphatic heterocycles. The number of rotatable bonds is 8. The Bertz CT molecular complexity index is 1160. The Morgan fingerprint density at radius 2 is 1.77 bits per heavy atom. The largest absolute Gasteiger partial charge is 0.480 e. The highest BCUT2D eigenvalue weighted by atomic mass is 16.5. The third-order valence-electron chi connectivity index (χ3n) is 10.6. The summed E-state index contributed by atoms with van der Waals surface area (Å²) in [6.45, 7) is 4.65. The van der Waals surface area contributed by atoms with Gasteiger partial charge in [0.05, 0.1) is 6.42 Å². The second kappa shape index (κ2) is 10.9. The molecule has 0 saturated heterocycles. The number of aliphatic carboxylic acids is 1. The fourth-order valence-corrected chi connectivity index (χ4v) is 8.45. The van der Waals surface area contributed by atoms with Crippen molar-refractivity contribution in [3.05, 3.63) is 47.5 Å². The summed E-state index contributed by atoms with van der Waals surface area (Å²) in [5.41, 5.74) is 2.23. The summed E-state index contributed by atoms with van der Waals surface area (Å²) in [7, 11) is 0. The number of ketones is 1. The molecule has 0 aromatic heterocycles. The number of carbonyl (C=O) groups excluding carboxylic acids is 3. The number of hydrogen-bond donors (Lipinski definition) is 2. The average Bonchev–Trinajstić information content (AvgIpc) is 3.24. The van der Waals surface area contributed by atoms with E-state index < -0.39 is 17.9 Å². The first kappa shape index (κ1) is 27.6. The van der Waals surface area contributed by atoms with E-state index in [0.29, 0.717) is 24.2 Å². The van der Waals surface area contributed by atoms with Crippen molar-refractivity contribution in [3.63, 3.8) is 0 Å². The van der Waals surface area contributed by atoms with E-state index in [2.05, 4.69) is 19.2 Å². The van der Waals surface area contributed by atoms with E-state index >= 15 is 0 Å². The third kappa shape index (κ3) is 5.42. The monoisotopic (exact) mass is 535 g/mol. The number of carboxylic acids is 1. The zero-order valence-corrected chi connectivity index (χ0v) is 23.1. The second-order valence-electron chi connectivity index (χ2n) is 12.7. The molecular formula is C32H41NO6. The molecule has 0 radical (unpaired) electrons. The van der Waals surface area contributed by atoms with Crippen molar-refractivity contribution in [1.29, 1.82) is 0 Å². The lowest BCUT2D eigenvalue weighted by atomic mass is 9.47. The Morgan fingerprint density at radius 1 is 1.00 bits per heavy atom. The van der Waals surface area contributed by atoms with Crippen LogP contribution in [-0.4, -0.2) is 40.9 Å². The lowest BCUT2D eigenvalue weighted by molar-refractivity contribution is -0.160. The van der Waals surface area contributed by atoms with E-state index in [4.69, 9.17) is 4.74 Å². The van der Waals surface area contributed by atoms with Crippen LogP contribution in [0.3, 0.4) is 0 Å². The van der Waals surface area contributed by atoms with Gasteiger partial charge in [-0.2, -0.15) is 0 Å². The van der Waals surface area contributed by atoms with Crippen LogP contribution in [0, 0.1) is 28.6 Å². The fourth-order valence-electron chi connectivity index (χ4n) is 8.45. The normalized spacial score (nSPS) is 34.1. The van der Waals surface area contributed by atoms with Crippen molar-refractivity contribution >= 4 is 23.6 Å². The number of fused-ring (bicyclic) bond motifs is 5. The first-order valence-electron chi connectivity index (χ1n) is 14.6. The number of ether oxygens (including phenoxy) is 1. The second-order valence-corrected chi connectivity index (χ2v) is 12.7. The van der Waals surface area contributed by atoms with Crippen molar-refractivity contribution in [2.24, 2.45) is 28.6 Å². The van der Waals surface area contributed by atoms with Crippen LogP contribution in [0.25, 0.3) is 0 Å². The molecule has 210 valence electrons. The minimum atomic E-state index is -1.10. The minimum Gasteiger partial charge on any atom is -0.480 e. The predicted octanol–water partition coefficient (Wildman–Crippen LogP) is 5.02. The fraction of sp³-hybridized carbons (Fsp3) is 0.625. The van der Waals surface area contributed by atoms with E-state index in [1.807, 2.05) is 36.4 Å². The average molecular weight is 536 g/mol. The van der Waals surface area contributed by atoms with Gasteiger partial charge in [0.1, 0.15) is 12.1 Å². The number of esters is 1. The summed E-state index contributed by atoms with van der Waals surface area (Å²) in [4.78, 5) is 49.1. The van der Waals surface area contributed by atoms with Gasteiger partial charge in [0.25, 0.3) is 0 Å². The number of carboxylic acid groups (broad SMARTS) is 1. The number of hydrogen-bond acceptors (Lipinski definition) is 5. The zero-order chi connectivity index (χ0) is 27.8. The maximum atomic E-state index is 12.8. The lowest BCUT2D eigenvalue weighted by Crippen LogP contribution is -2.51. The summed E-state index contributed by atoms with van der Waals surface area (Å²) < 4.78 is 6.02. The van der Waals surface area contributed by atoms with E-state index in [0.717, 1.165) is 50.5 Å². The van der Waals surface area contributed by atoms with Crippen LogP contribution in [0.5, 0.6) is 0 Å². The SMILES string of the molecule is C[C@]12CC[C@@H]3[C@@H](CCC4=CC(=O)CC[C@@]43C)[C@@H]1CC[C@@H]2OC(=O)CCC(=O)N[C@@H](Cc1ccccc1)C(=O)O. The van der Waals surface area contributed by atoms with Gasteiger partial charge in [0.15, 0.2) is 5.78 Å². The Balaban J connectivity index is 1.15. The highest BCUT2D eigenvalue weighted by Crippen LogP contribution is 2.65. The predicted molar refractivity (Wildman–Crippen MR) is 146 cm³/mol. The molecule has 5 rings (SSSR count). The molecule has 0 spiro atoms. The van der Waals surface area contributed by atoms with Gasteiger partial charge < -0.3 is 15.2 Å². The molecule has 1 amide bonds. The molecule has 0 unspecified atom stereocenters. The van der Waals surface area contributed by atoms with E-state index in [-0.39, 0.29) is 47.9 Å². The van der Waals surface area contributed by atoms with Crippen molar-refractivity contribution < 1.29 is 29.0 Å². The van der Waals surface area contributed by atoms with Crippen LogP contribution < -0.4 is 5.32 Å². The number of carbonyl (C=O) groups is 4. The Morgan fingerprint density at radius 3 is 2.51 bits per heavy atom. The quantitative estimate of drug-likeness (QED) is 0.452. The summed E-state index contributed by atoms with van der Waals surface area (Å²) in [6.07, 6.45) is 9.51. The molecule has 7 atom stereocenters. The van der Waals surface area contributed by atoms with Gasteiger partial charge in [0, 0.05) is 24.7 Å². The van der Waals surface area contributed by atoms with Gasteiger partial charge in [-0.1, -0.05) is 49.8 Å². The topological polar surface area (TPSA) is 110 Å². The van der Waals surface area contributed by atoms with Gasteiger partial charge in [-0.05, 0) is 79.8 Å². The first-order chi connectivity index (χ1) is 18.6. The van der Waals surface area contributed by atoms with Crippen LogP contribution >= 0.6 is 0 Å². The Labute approximate surface area is 230 Å². The third-order valence-corrected chi connectivity index (χ3v) is 10.6. The summed E-state index contributed by atoms with van der Waals surface area (Å²) >= 11 is 0. The van der Waals surface area contributed by atoms with Crippen LogP contribution in [0.1, 0.15) is 83.6 Å². The number of nitrogens with one attached hydrogen (secondary N) is 1. The summed E-state index contributed by atoms with van der Waals surface area (Å²) in [5.74, 6) is -0.00180. The van der Waals surface area contributed by atoms with Crippen molar-refractivity contribution in [3.8, 4) is 0 Å². The molecule has 1 aromatic carbocycles. The smallest absolute Gasteiger partial charge is 0.326 e. The van der Waals surface area contributed by atoms with E-state index in [1.54, 1.807) is 0 Å². The molecule has 0 heterocycles. The van der Waals surface area contributed by atoms with Crippen LogP contribution in [0.15, 0.2) is 42.0 Å². The molecule has 39 heavy (non-hydrogen) atoms. The Hall–Kier alpha value is -2.96. The molecule has 1 aromatic rings. The van der Waals surface area contributed by atoms with Crippen molar-refractivity contribution in [2.45, 2.75) is 96.6 Å². The van der Waals surface area contributed by atoms with Crippen molar-refractivity contribution in [2.75, 3.05) is 0 Å². The Kier molecular flexibility index (Phi) is 7.71. The van der Waals surface area contributed by atoms with Gasteiger partial charge in [-0.3, -0.25) is 14.4 Å². The maximum Gasteiger partial charge on any atom is 0.326 e. The van der Waals surface area contributed by atoms with Crippen LogP contribution in [0.2, 0.25) is 0 Å². The summed E-state index contributed by atoms with van der Waals surface area (Å²) in [5, 5.41) is 12.1. The number of amides is 1. The van der Waals surface area contributed by atoms with Gasteiger partial charge in [0.2, 0.25) is 5.91 Å². The van der Waals surface area contributed by atoms with Crippen molar-refractivity contribution in [1.82, 2.24) is 5.32 Å². The van der Waals surface area contributed by atoms with Crippen LogP contribution in [0.4, 0.5) is 0 Å². The molecule has 4 aliphatic carbocycles. The lowest BCUT2D eigenvalue weighted by Gasteiger charge is -2.57. The minimum absolute atomic E-state index is 0.0624. The maximum absolute atomic E-state index is 12.8. The van der Waals surface area contributed by atoms with Gasteiger partial charge in [-0.25, -0.2) is 4.79 Å². The number of allylic oxidation sites excluding steroid dienone is 1.